The maximum Gasteiger partial charge on any atom is 0.330 e. The molecule has 8 nitrogen and oxygen atoms in total. The van der Waals surface area contributed by atoms with Crippen LogP contribution in [0.2, 0.25) is 0 Å². The van der Waals surface area contributed by atoms with E-state index < -0.39 is 5.69 Å². The molecule has 166 valence electrons. The minimum absolute atomic E-state index is 0.241. The predicted molar refractivity (Wildman–Crippen MR) is 120 cm³/mol. The number of aromatic amines is 1. The fourth-order valence-electron chi connectivity index (χ4n) is 4.16. The second-order valence-electron chi connectivity index (χ2n) is 8.87. The summed E-state index contributed by atoms with van der Waals surface area (Å²) in [7, 11) is 0. The molecule has 1 saturated heterocycles. The lowest BCUT2D eigenvalue weighted by Crippen LogP contribution is -2.36. The van der Waals surface area contributed by atoms with E-state index in [2.05, 4.69) is 23.7 Å². The molecule has 0 atom stereocenters. The molecule has 1 aliphatic rings. The molecule has 0 unspecified atom stereocenters. The van der Waals surface area contributed by atoms with Crippen molar-refractivity contribution in [2.75, 3.05) is 13.1 Å². The van der Waals surface area contributed by atoms with Crippen LogP contribution >= 0.6 is 0 Å². The Balaban J connectivity index is 1.79. The Kier molecular flexibility index (Phi) is 6.38. The zero-order valence-corrected chi connectivity index (χ0v) is 18.3. The van der Waals surface area contributed by atoms with Gasteiger partial charge in [0.2, 0.25) is 0 Å². The highest BCUT2D eigenvalue weighted by atomic mass is 16.3. The molecule has 0 spiro atoms. The minimum atomic E-state index is -0.442. The monoisotopic (exact) mass is 425 g/mol. The van der Waals surface area contributed by atoms with E-state index in [1.165, 1.54) is 0 Å². The van der Waals surface area contributed by atoms with Crippen molar-refractivity contribution in [3.8, 4) is 0 Å². The first kappa shape index (κ1) is 21.5. The van der Waals surface area contributed by atoms with Crippen molar-refractivity contribution < 1.29 is 5.11 Å². The summed E-state index contributed by atoms with van der Waals surface area (Å²) in [5, 5.41) is 9.82. The van der Waals surface area contributed by atoms with Gasteiger partial charge in [0, 0.05) is 19.6 Å². The average molecular weight is 426 g/mol. The Morgan fingerprint density at radius 1 is 1.10 bits per heavy atom. The Morgan fingerprint density at radius 3 is 2.48 bits per heavy atom. The van der Waals surface area contributed by atoms with E-state index in [1.54, 1.807) is 4.57 Å². The first-order chi connectivity index (χ1) is 14.9. The van der Waals surface area contributed by atoms with E-state index in [0.29, 0.717) is 36.7 Å². The van der Waals surface area contributed by atoms with Gasteiger partial charge in [-0.05, 0) is 30.7 Å². The highest BCUT2D eigenvalue weighted by Gasteiger charge is 2.23. The van der Waals surface area contributed by atoms with Crippen LogP contribution in [0.1, 0.15) is 44.5 Å². The molecule has 1 fully saturated rings. The van der Waals surface area contributed by atoms with Crippen LogP contribution in [0.4, 0.5) is 0 Å². The first-order valence-corrected chi connectivity index (χ1v) is 11.1. The number of H-pyrrole nitrogens is 1. The Hall–Kier alpha value is -2.71. The van der Waals surface area contributed by atoms with E-state index in [1.807, 2.05) is 34.9 Å². The number of hydrogen-bond acceptors (Lipinski definition) is 5. The number of aliphatic hydroxyl groups excluding tert-OH is 1. The molecular formula is C23H31N5O3. The SMILES string of the molecule is CC(C)CCn1c(CN2CCC(O)CC2)nc2c1c(=O)[nH]c(=O)n2Cc1ccccc1. The number of nitrogens with zero attached hydrogens (tertiary/aromatic N) is 4. The van der Waals surface area contributed by atoms with E-state index >= 15 is 0 Å². The van der Waals surface area contributed by atoms with E-state index in [9.17, 15) is 14.7 Å². The van der Waals surface area contributed by atoms with Crippen LogP contribution in [0, 0.1) is 5.92 Å². The Labute approximate surface area is 181 Å². The number of aryl methyl sites for hydroxylation is 1. The standard InChI is InChI=1S/C23H31N5O3/c1-16(2)8-13-27-19(15-26-11-9-18(29)10-12-26)24-21-20(27)22(30)25-23(31)28(21)14-17-6-4-3-5-7-17/h3-7,16,18,29H,8-15H2,1-2H3,(H,25,30,31). The molecule has 3 heterocycles. The van der Waals surface area contributed by atoms with Crippen LogP contribution in [-0.4, -0.2) is 48.3 Å². The van der Waals surface area contributed by atoms with E-state index in [-0.39, 0.29) is 11.7 Å². The maximum atomic E-state index is 12.8. The lowest BCUT2D eigenvalue weighted by molar-refractivity contribution is 0.0775. The number of likely N-dealkylation sites (tertiary alicyclic amines) is 1. The van der Waals surface area contributed by atoms with Gasteiger partial charge < -0.3 is 9.67 Å². The number of rotatable bonds is 7. The second-order valence-corrected chi connectivity index (χ2v) is 8.87. The number of hydrogen-bond donors (Lipinski definition) is 2. The van der Waals surface area contributed by atoms with Gasteiger partial charge in [0.15, 0.2) is 11.2 Å². The van der Waals surface area contributed by atoms with Gasteiger partial charge in [-0.3, -0.25) is 19.2 Å². The molecule has 0 aliphatic carbocycles. The molecule has 0 saturated carbocycles. The van der Waals surface area contributed by atoms with Crippen LogP contribution in [0.5, 0.6) is 0 Å². The number of aromatic nitrogens is 4. The summed E-state index contributed by atoms with van der Waals surface area (Å²) in [6.07, 6.45) is 2.15. The third-order valence-electron chi connectivity index (χ3n) is 6.00. The van der Waals surface area contributed by atoms with Gasteiger partial charge in [0.25, 0.3) is 5.56 Å². The molecule has 1 aromatic carbocycles. The quantitative estimate of drug-likeness (QED) is 0.603. The summed E-state index contributed by atoms with van der Waals surface area (Å²) in [6, 6.07) is 9.71. The van der Waals surface area contributed by atoms with Gasteiger partial charge in [0.1, 0.15) is 5.82 Å². The van der Waals surface area contributed by atoms with Crippen LogP contribution in [0.15, 0.2) is 39.9 Å². The van der Waals surface area contributed by atoms with Crippen molar-refractivity contribution >= 4 is 11.2 Å². The molecule has 2 aromatic heterocycles. The molecule has 3 aromatic rings. The smallest absolute Gasteiger partial charge is 0.330 e. The third kappa shape index (κ3) is 4.80. The Bertz CT molecular complexity index is 1140. The van der Waals surface area contributed by atoms with E-state index in [4.69, 9.17) is 4.98 Å². The summed E-state index contributed by atoms with van der Waals surface area (Å²) < 4.78 is 3.54. The molecule has 0 bridgehead atoms. The minimum Gasteiger partial charge on any atom is -0.393 e. The highest BCUT2D eigenvalue weighted by molar-refractivity contribution is 5.71. The van der Waals surface area contributed by atoms with Crippen molar-refractivity contribution in [2.24, 2.45) is 5.92 Å². The topological polar surface area (TPSA) is 96.2 Å². The summed E-state index contributed by atoms with van der Waals surface area (Å²) in [5.41, 5.74) is 1.04. The molecular weight excluding hydrogens is 394 g/mol. The summed E-state index contributed by atoms with van der Waals surface area (Å²) in [5.74, 6) is 1.27. The number of imidazole rings is 1. The predicted octanol–water partition coefficient (Wildman–Crippen LogP) is 1.94. The molecule has 8 heteroatoms. The van der Waals surface area contributed by atoms with Crippen LogP contribution in [-0.2, 0) is 19.6 Å². The number of aliphatic hydroxyl groups is 1. The molecule has 0 amide bonds. The van der Waals surface area contributed by atoms with Gasteiger partial charge in [0.05, 0.1) is 19.2 Å². The first-order valence-electron chi connectivity index (χ1n) is 11.1. The van der Waals surface area contributed by atoms with Crippen molar-refractivity contribution in [3.63, 3.8) is 0 Å². The van der Waals surface area contributed by atoms with Gasteiger partial charge in [-0.1, -0.05) is 44.2 Å². The van der Waals surface area contributed by atoms with Crippen LogP contribution < -0.4 is 11.2 Å². The summed E-state index contributed by atoms with van der Waals surface area (Å²) in [6.45, 7) is 7.51. The molecule has 0 radical (unpaired) electrons. The van der Waals surface area contributed by atoms with E-state index in [0.717, 1.165) is 43.7 Å². The van der Waals surface area contributed by atoms with Crippen molar-refractivity contribution in [3.05, 3.63) is 62.6 Å². The zero-order valence-electron chi connectivity index (χ0n) is 18.3. The second kappa shape index (κ2) is 9.20. The van der Waals surface area contributed by atoms with Gasteiger partial charge >= 0.3 is 5.69 Å². The number of fused-ring (bicyclic) bond motifs is 1. The largest absolute Gasteiger partial charge is 0.393 e. The lowest BCUT2D eigenvalue weighted by Gasteiger charge is -2.29. The average Bonchev–Trinajstić information content (AvgIpc) is 3.10. The number of benzene rings is 1. The number of nitrogens with one attached hydrogen (secondary N) is 1. The van der Waals surface area contributed by atoms with Crippen molar-refractivity contribution in [2.45, 2.75) is 58.8 Å². The summed E-state index contributed by atoms with van der Waals surface area (Å²) >= 11 is 0. The van der Waals surface area contributed by atoms with Gasteiger partial charge in [-0.2, -0.15) is 0 Å². The van der Waals surface area contributed by atoms with Crippen molar-refractivity contribution in [1.29, 1.82) is 0 Å². The highest BCUT2D eigenvalue weighted by Crippen LogP contribution is 2.19. The fourth-order valence-corrected chi connectivity index (χ4v) is 4.16. The van der Waals surface area contributed by atoms with Crippen molar-refractivity contribution in [1.82, 2.24) is 24.0 Å². The fraction of sp³-hybridized carbons (Fsp3) is 0.522. The zero-order chi connectivity index (χ0) is 22.0. The Morgan fingerprint density at radius 2 is 1.81 bits per heavy atom. The number of piperidine rings is 1. The third-order valence-corrected chi connectivity index (χ3v) is 6.00. The molecule has 31 heavy (non-hydrogen) atoms. The normalized spacial score (nSPS) is 15.9. The molecule has 4 rings (SSSR count). The summed E-state index contributed by atoms with van der Waals surface area (Å²) in [4.78, 5) is 35.1. The lowest BCUT2D eigenvalue weighted by atomic mass is 10.1. The maximum absolute atomic E-state index is 12.8. The van der Waals surface area contributed by atoms with Crippen LogP contribution in [0.3, 0.4) is 0 Å². The van der Waals surface area contributed by atoms with Gasteiger partial charge in [-0.25, -0.2) is 9.78 Å². The van der Waals surface area contributed by atoms with Crippen LogP contribution in [0.25, 0.3) is 11.2 Å². The molecule has 1 aliphatic heterocycles. The van der Waals surface area contributed by atoms with Gasteiger partial charge in [-0.15, -0.1) is 0 Å². The molecule has 2 N–H and O–H groups in total.